The first-order valence-electron chi connectivity index (χ1n) is 10.2. The van der Waals surface area contributed by atoms with Gasteiger partial charge in [-0.2, -0.15) is 0 Å². The van der Waals surface area contributed by atoms with Crippen LogP contribution >= 0.6 is 0 Å². The van der Waals surface area contributed by atoms with Crippen LogP contribution in [0.4, 0.5) is 4.79 Å². The Morgan fingerprint density at radius 3 is 2.61 bits per heavy atom. The standard InChI is InChI=1S/C22H35N3O3/c1-16-8-9-17(2)19(13-16)15-25-12-6-7-18(14-25)20(26)23-10-11-24-21(27)28-22(3,4)5/h8-9,13,18H,6-7,10-12,14-15H2,1-5H3,(H,23,26)(H,24,27). The quantitative estimate of drug-likeness (QED) is 0.733. The van der Waals surface area contributed by atoms with Crippen LogP contribution in [0.5, 0.6) is 0 Å². The summed E-state index contributed by atoms with van der Waals surface area (Å²) in [5.41, 5.74) is 3.38. The van der Waals surface area contributed by atoms with Crippen LogP contribution in [0.3, 0.4) is 0 Å². The number of aryl methyl sites for hydroxylation is 2. The van der Waals surface area contributed by atoms with Gasteiger partial charge in [-0.15, -0.1) is 0 Å². The lowest BCUT2D eigenvalue weighted by Gasteiger charge is -2.32. The third-order valence-corrected chi connectivity index (χ3v) is 4.87. The molecule has 0 aromatic heterocycles. The average Bonchev–Trinajstić information content (AvgIpc) is 2.60. The second-order valence-electron chi connectivity index (χ2n) is 8.72. The van der Waals surface area contributed by atoms with Crippen LogP contribution < -0.4 is 10.6 Å². The fourth-order valence-electron chi connectivity index (χ4n) is 3.43. The molecular formula is C22H35N3O3. The molecule has 6 heteroatoms. The van der Waals surface area contributed by atoms with E-state index in [-0.39, 0.29) is 11.8 Å². The van der Waals surface area contributed by atoms with Gasteiger partial charge in [-0.05, 0) is 65.1 Å². The van der Waals surface area contributed by atoms with E-state index in [9.17, 15) is 9.59 Å². The maximum absolute atomic E-state index is 12.5. The fraction of sp³-hybridized carbons (Fsp3) is 0.636. The van der Waals surface area contributed by atoms with Crippen molar-refractivity contribution in [2.45, 2.75) is 59.6 Å². The summed E-state index contributed by atoms with van der Waals surface area (Å²) in [5.74, 6) is 0.0667. The van der Waals surface area contributed by atoms with Crippen molar-refractivity contribution in [3.05, 3.63) is 34.9 Å². The molecule has 0 radical (unpaired) electrons. The Labute approximate surface area is 169 Å². The Morgan fingerprint density at radius 2 is 1.89 bits per heavy atom. The highest BCUT2D eigenvalue weighted by Crippen LogP contribution is 2.20. The van der Waals surface area contributed by atoms with Crippen LogP contribution in [-0.2, 0) is 16.1 Å². The fourth-order valence-corrected chi connectivity index (χ4v) is 3.43. The van der Waals surface area contributed by atoms with E-state index in [1.165, 1.54) is 16.7 Å². The van der Waals surface area contributed by atoms with Gasteiger partial charge in [0.1, 0.15) is 5.60 Å². The van der Waals surface area contributed by atoms with E-state index in [0.717, 1.165) is 32.5 Å². The number of nitrogens with zero attached hydrogens (tertiary/aromatic N) is 1. The van der Waals surface area contributed by atoms with Gasteiger partial charge in [0.15, 0.2) is 0 Å². The van der Waals surface area contributed by atoms with Crippen molar-refractivity contribution >= 4 is 12.0 Å². The lowest BCUT2D eigenvalue weighted by Crippen LogP contribution is -2.44. The molecule has 1 saturated heterocycles. The number of amides is 2. The minimum absolute atomic E-state index is 0.000363. The number of nitrogens with one attached hydrogen (secondary N) is 2. The molecule has 0 saturated carbocycles. The van der Waals surface area contributed by atoms with Gasteiger partial charge in [0.05, 0.1) is 5.92 Å². The lowest BCUT2D eigenvalue weighted by atomic mass is 9.96. The van der Waals surface area contributed by atoms with Gasteiger partial charge >= 0.3 is 6.09 Å². The first kappa shape index (κ1) is 22.2. The number of hydrogen-bond donors (Lipinski definition) is 2. The van der Waals surface area contributed by atoms with Crippen LogP contribution in [0.15, 0.2) is 18.2 Å². The van der Waals surface area contributed by atoms with E-state index in [2.05, 4.69) is 47.6 Å². The number of piperidine rings is 1. The second-order valence-corrected chi connectivity index (χ2v) is 8.72. The number of benzene rings is 1. The number of likely N-dealkylation sites (tertiary alicyclic amines) is 1. The zero-order valence-electron chi connectivity index (χ0n) is 17.9. The minimum atomic E-state index is -0.519. The molecule has 156 valence electrons. The Kier molecular flexibility index (Phi) is 7.87. The molecular weight excluding hydrogens is 354 g/mol. The number of ether oxygens (including phenoxy) is 1. The Balaban J connectivity index is 1.75. The smallest absolute Gasteiger partial charge is 0.407 e. The monoisotopic (exact) mass is 389 g/mol. The largest absolute Gasteiger partial charge is 0.444 e. The molecule has 1 aliphatic heterocycles. The molecule has 2 amide bonds. The van der Waals surface area contributed by atoms with Crippen molar-refractivity contribution < 1.29 is 14.3 Å². The average molecular weight is 390 g/mol. The predicted molar refractivity (Wildman–Crippen MR) is 111 cm³/mol. The van der Waals surface area contributed by atoms with Crippen molar-refractivity contribution in [2.24, 2.45) is 5.92 Å². The third-order valence-electron chi connectivity index (χ3n) is 4.87. The van der Waals surface area contributed by atoms with E-state index < -0.39 is 11.7 Å². The predicted octanol–water partition coefficient (Wildman–Crippen LogP) is 3.16. The zero-order chi connectivity index (χ0) is 20.7. The van der Waals surface area contributed by atoms with E-state index in [0.29, 0.717) is 13.1 Å². The molecule has 2 rings (SSSR count). The van der Waals surface area contributed by atoms with Crippen LogP contribution in [0.2, 0.25) is 0 Å². The third kappa shape index (κ3) is 7.50. The van der Waals surface area contributed by atoms with Crippen molar-refractivity contribution in [1.82, 2.24) is 15.5 Å². The van der Waals surface area contributed by atoms with Crippen LogP contribution in [0.1, 0.15) is 50.3 Å². The zero-order valence-corrected chi connectivity index (χ0v) is 17.9. The van der Waals surface area contributed by atoms with E-state index >= 15 is 0 Å². The van der Waals surface area contributed by atoms with Crippen molar-refractivity contribution in [3.8, 4) is 0 Å². The highest BCUT2D eigenvalue weighted by molar-refractivity contribution is 5.79. The summed E-state index contributed by atoms with van der Waals surface area (Å²) >= 11 is 0. The summed E-state index contributed by atoms with van der Waals surface area (Å²) in [5, 5.41) is 5.60. The van der Waals surface area contributed by atoms with Crippen molar-refractivity contribution in [3.63, 3.8) is 0 Å². The van der Waals surface area contributed by atoms with Gasteiger partial charge in [-0.1, -0.05) is 23.8 Å². The molecule has 1 atom stereocenters. The first-order chi connectivity index (χ1) is 13.1. The number of alkyl carbamates (subject to hydrolysis) is 1. The number of rotatable bonds is 6. The summed E-state index contributed by atoms with van der Waals surface area (Å²) < 4.78 is 5.18. The van der Waals surface area contributed by atoms with Crippen LogP contribution in [0.25, 0.3) is 0 Å². The lowest BCUT2D eigenvalue weighted by molar-refractivity contribution is -0.126. The molecule has 2 N–H and O–H groups in total. The van der Waals surface area contributed by atoms with E-state index in [1.54, 1.807) is 0 Å². The number of carbonyl (C=O) groups excluding carboxylic acids is 2. The Hall–Kier alpha value is -2.08. The van der Waals surface area contributed by atoms with Crippen LogP contribution in [-0.4, -0.2) is 48.7 Å². The Morgan fingerprint density at radius 1 is 1.18 bits per heavy atom. The van der Waals surface area contributed by atoms with Crippen molar-refractivity contribution in [1.29, 1.82) is 0 Å². The molecule has 1 heterocycles. The summed E-state index contributed by atoms with van der Waals surface area (Å²) in [7, 11) is 0. The van der Waals surface area contributed by atoms with Gasteiger partial charge in [0.2, 0.25) is 5.91 Å². The maximum atomic E-state index is 12.5. The minimum Gasteiger partial charge on any atom is -0.444 e. The van der Waals surface area contributed by atoms with Gasteiger partial charge in [0, 0.05) is 26.2 Å². The molecule has 6 nitrogen and oxygen atoms in total. The van der Waals surface area contributed by atoms with Crippen molar-refractivity contribution in [2.75, 3.05) is 26.2 Å². The molecule has 1 aromatic carbocycles. The Bertz CT molecular complexity index is 682. The molecule has 28 heavy (non-hydrogen) atoms. The molecule has 1 aromatic rings. The maximum Gasteiger partial charge on any atom is 0.407 e. The normalized spacial score (nSPS) is 17.8. The topological polar surface area (TPSA) is 70.7 Å². The van der Waals surface area contributed by atoms with Gasteiger partial charge in [0.25, 0.3) is 0 Å². The summed E-state index contributed by atoms with van der Waals surface area (Å²) in [6, 6.07) is 6.54. The van der Waals surface area contributed by atoms with Gasteiger partial charge in [-0.3, -0.25) is 9.69 Å². The number of carbonyl (C=O) groups is 2. The second kappa shape index (κ2) is 9.92. The van der Waals surface area contributed by atoms with Gasteiger partial charge < -0.3 is 15.4 Å². The van der Waals surface area contributed by atoms with Gasteiger partial charge in [-0.25, -0.2) is 4.79 Å². The molecule has 0 spiro atoms. The first-order valence-corrected chi connectivity index (χ1v) is 10.2. The van der Waals surface area contributed by atoms with E-state index in [4.69, 9.17) is 4.74 Å². The molecule has 1 unspecified atom stereocenters. The summed E-state index contributed by atoms with van der Waals surface area (Å²) in [6.07, 6.45) is 1.48. The van der Waals surface area contributed by atoms with E-state index in [1.807, 2.05) is 20.8 Å². The SMILES string of the molecule is Cc1ccc(C)c(CN2CCCC(C(=O)NCCNC(=O)OC(C)(C)C)C2)c1. The van der Waals surface area contributed by atoms with Crippen LogP contribution in [0, 0.1) is 19.8 Å². The molecule has 1 fully saturated rings. The number of hydrogen-bond acceptors (Lipinski definition) is 4. The molecule has 0 aliphatic carbocycles. The molecule has 0 bridgehead atoms. The summed E-state index contributed by atoms with van der Waals surface area (Å²) in [4.78, 5) is 26.5. The highest BCUT2D eigenvalue weighted by atomic mass is 16.6. The highest BCUT2D eigenvalue weighted by Gasteiger charge is 2.26. The summed E-state index contributed by atoms with van der Waals surface area (Å²) in [6.45, 7) is 13.2. The molecule has 1 aliphatic rings.